The predicted molar refractivity (Wildman–Crippen MR) is 78.9 cm³/mol. The Balaban J connectivity index is 2.11. The van der Waals surface area contributed by atoms with Crippen LogP contribution in [-0.4, -0.2) is 24.2 Å². The Hall–Kier alpha value is -1.52. The van der Waals surface area contributed by atoms with Crippen LogP contribution in [-0.2, 0) is 13.1 Å². The third-order valence-electron chi connectivity index (χ3n) is 3.14. The molecule has 19 heavy (non-hydrogen) atoms. The van der Waals surface area contributed by atoms with E-state index in [0.717, 1.165) is 17.9 Å². The molecule has 0 unspecified atom stereocenters. The van der Waals surface area contributed by atoms with Crippen molar-refractivity contribution < 1.29 is 9.84 Å². The number of phenols is 1. The first-order chi connectivity index (χ1) is 9.11. The van der Waals surface area contributed by atoms with Gasteiger partial charge >= 0.3 is 0 Å². The zero-order chi connectivity index (χ0) is 13.8. The SMILES string of the molecule is COc1cccc(O)c1CN(C)Cc1sccc1C. The van der Waals surface area contributed by atoms with E-state index in [9.17, 15) is 5.11 Å². The molecule has 1 N–H and O–H groups in total. The second-order valence-electron chi connectivity index (χ2n) is 4.66. The maximum atomic E-state index is 9.95. The molecule has 0 bridgehead atoms. The number of methoxy groups -OCH3 is 1. The monoisotopic (exact) mass is 277 g/mol. The summed E-state index contributed by atoms with van der Waals surface area (Å²) in [6.07, 6.45) is 0. The summed E-state index contributed by atoms with van der Waals surface area (Å²) in [5.41, 5.74) is 2.16. The number of aryl methyl sites for hydroxylation is 1. The van der Waals surface area contributed by atoms with Crippen molar-refractivity contribution in [3.8, 4) is 11.5 Å². The second kappa shape index (κ2) is 6.08. The predicted octanol–water partition coefficient (Wildman–Crippen LogP) is 3.40. The Labute approximate surface area is 118 Å². The lowest BCUT2D eigenvalue weighted by molar-refractivity contribution is 0.304. The van der Waals surface area contributed by atoms with Crippen LogP contribution in [0.3, 0.4) is 0 Å². The normalized spacial score (nSPS) is 10.9. The number of aromatic hydroxyl groups is 1. The van der Waals surface area contributed by atoms with E-state index in [1.165, 1.54) is 10.4 Å². The third-order valence-corrected chi connectivity index (χ3v) is 4.15. The largest absolute Gasteiger partial charge is 0.507 e. The van der Waals surface area contributed by atoms with E-state index in [0.29, 0.717) is 6.54 Å². The quantitative estimate of drug-likeness (QED) is 0.909. The average Bonchev–Trinajstić information content (AvgIpc) is 2.77. The Morgan fingerprint density at radius 2 is 2.05 bits per heavy atom. The summed E-state index contributed by atoms with van der Waals surface area (Å²) in [6, 6.07) is 7.50. The summed E-state index contributed by atoms with van der Waals surface area (Å²) < 4.78 is 5.30. The molecule has 3 nitrogen and oxygen atoms in total. The van der Waals surface area contributed by atoms with Crippen molar-refractivity contribution in [3.05, 3.63) is 45.6 Å². The van der Waals surface area contributed by atoms with Crippen molar-refractivity contribution >= 4 is 11.3 Å². The molecule has 2 rings (SSSR count). The van der Waals surface area contributed by atoms with E-state index in [1.807, 2.05) is 13.1 Å². The van der Waals surface area contributed by atoms with Crippen molar-refractivity contribution in [2.45, 2.75) is 20.0 Å². The van der Waals surface area contributed by atoms with Crippen molar-refractivity contribution in [2.75, 3.05) is 14.2 Å². The third kappa shape index (κ3) is 3.28. The molecule has 0 saturated carbocycles. The number of hydrogen-bond donors (Lipinski definition) is 1. The minimum atomic E-state index is 0.286. The van der Waals surface area contributed by atoms with Crippen LogP contribution in [0.5, 0.6) is 11.5 Å². The standard InChI is InChI=1S/C15H19NO2S/c1-11-7-8-19-15(11)10-16(2)9-12-13(17)5-4-6-14(12)18-3/h4-8,17H,9-10H2,1-3H3. The molecule has 0 atom stereocenters. The first-order valence-corrected chi connectivity index (χ1v) is 7.06. The number of benzene rings is 1. The molecule has 0 fully saturated rings. The first kappa shape index (κ1) is 13.9. The van der Waals surface area contributed by atoms with Crippen molar-refractivity contribution in [1.29, 1.82) is 0 Å². The minimum absolute atomic E-state index is 0.286. The van der Waals surface area contributed by atoms with Crippen LogP contribution < -0.4 is 4.74 Å². The summed E-state index contributed by atoms with van der Waals surface area (Å²) >= 11 is 1.77. The number of rotatable bonds is 5. The van der Waals surface area contributed by atoms with E-state index in [4.69, 9.17) is 4.74 Å². The summed E-state index contributed by atoms with van der Waals surface area (Å²) in [6.45, 7) is 3.66. The van der Waals surface area contributed by atoms with Gasteiger partial charge in [-0.15, -0.1) is 11.3 Å². The first-order valence-electron chi connectivity index (χ1n) is 6.18. The number of thiophene rings is 1. The van der Waals surface area contributed by atoms with Gasteiger partial charge in [0.15, 0.2) is 0 Å². The molecule has 4 heteroatoms. The molecule has 0 amide bonds. The fraction of sp³-hybridized carbons (Fsp3) is 0.333. The Bertz CT molecular complexity index is 551. The lowest BCUT2D eigenvalue weighted by Crippen LogP contribution is -2.17. The van der Waals surface area contributed by atoms with Crippen LogP contribution in [0.4, 0.5) is 0 Å². The van der Waals surface area contributed by atoms with Crippen molar-refractivity contribution in [3.63, 3.8) is 0 Å². The molecule has 102 valence electrons. The molecule has 0 saturated heterocycles. The molecule has 1 heterocycles. The zero-order valence-electron chi connectivity index (χ0n) is 11.5. The average molecular weight is 277 g/mol. The Morgan fingerprint density at radius 1 is 1.26 bits per heavy atom. The maximum absolute atomic E-state index is 9.95. The highest BCUT2D eigenvalue weighted by Gasteiger charge is 2.12. The van der Waals surface area contributed by atoms with Gasteiger partial charge in [0.05, 0.1) is 7.11 Å². The number of nitrogens with zero attached hydrogens (tertiary/aromatic N) is 1. The second-order valence-corrected chi connectivity index (χ2v) is 5.66. The van der Waals surface area contributed by atoms with Crippen LogP contribution in [0.1, 0.15) is 16.0 Å². The molecular weight excluding hydrogens is 258 g/mol. The summed E-state index contributed by atoms with van der Waals surface area (Å²) in [4.78, 5) is 3.54. The topological polar surface area (TPSA) is 32.7 Å². The van der Waals surface area contributed by atoms with Gasteiger partial charge in [0.25, 0.3) is 0 Å². The van der Waals surface area contributed by atoms with Crippen molar-refractivity contribution in [2.24, 2.45) is 0 Å². The minimum Gasteiger partial charge on any atom is -0.507 e. The van der Waals surface area contributed by atoms with Gasteiger partial charge in [-0.1, -0.05) is 6.07 Å². The van der Waals surface area contributed by atoms with Gasteiger partial charge in [-0.3, -0.25) is 4.90 Å². The van der Waals surface area contributed by atoms with Gasteiger partial charge < -0.3 is 9.84 Å². The lowest BCUT2D eigenvalue weighted by atomic mass is 10.1. The molecule has 1 aromatic heterocycles. The zero-order valence-corrected chi connectivity index (χ0v) is 12.3. The smallest absolute Gasteiger partial charge is 0.127 e. The van der Waals surface area contributed by atoms with Crippen LogP contribution >= 0.6 is 11.3 Å². The summed E-state index contributed by atoms with van der Waals surface area (Å²) in [5, 5.41) is 12.1. The maximum Gasteiger partial charge on any atom is 0.127 e. The van der Waals surface area contributed by atoms with E-state index >= 15 is 0 Å². The Morgan fingerprint density at radius 3 is 2.68 bits per heavy atom. The molecular formula is C15H19NO2S. The highest BCUT2D eigenvalue weighted by atomic mass is 32.1. The fourth-order valence-electron chi connectivity index (χ4n) is 2.04. The van der Waals surface area contributed by atoms with E-state index in [2.05, 4.69) is 23.3 Å². The number of hydrogen-bond acceptors (Lipinski definition) is 4. The molecule has 0 aliphatic heterocycles. The van der Waals surface area contributed by atoms with Crippen LogP contribution in [0.25, 0.3) is 0 Å². The molecule has 0 aliphatic rings. The van der Waals surface area contributed by atoms with Gasteiger partial charge in [-0.2, -0.15) is 0 Å². The van der Waals surface area contributed by atoms with Gasteiger partial charge in [0.1, 0.15) is 11.5 Å². The summed E-state index contributed by atoms with van der Waals surface area (Å²) in [5.74, 6) is 1.02. The molecule has 0 aliphatic carbocycles. The highest BCUT2D eigenvalue weighted by molar-refractivity contribution is 7.10. The van der Waals surface area contributed by atoms with Gasteiger partial charge in [0.2, 0.25) is 0 Å². The number of ether oxygens (including phenoxy) is 1. The lowest BCUT2D eigenvalue weighted by Gasteiger charge is -2.19. The van der Waals surface area contributed by atoms with Gasteiger partial charge in [-0.25, -0.2) is 0 Å². The molecule has 0 spiro atoms. The highest BCUT2D eigenvalue weighted by Crippen LogP contribution is 2.29. The van der Waals surface area contributed by atoms with Crippen LogP contribution in [0.2, 0.25) is 0 Å². The molecule has 1 aromatic carbocycles. The van der Waals surface area contributed by atoms with E-state index < -0.39 is 0 Å². The summed E-state index contributed by atoms with van der Waals surface area (Å²) in [7, 11) is 3.67. The molecule has 2 aromatic rings. The number of phenolic OH excluding ortho intramolecular Hbond substituents is 1. The van der Waals surface area contributed by atoms with Crippen molar-refractivity contribution in [1.82, 2.24) is 4.90 Å². The van der Waals surface area contributed by atoms with E-state index in [1.54, 1.807) is 30.6 Å². The van der Waals surface area contributed by atoms with Crippen LogP contribution in [0, 0.1) is 6.92 Å². The van der Waals surface area contributed by atoms with E-state index in [-0.39, 0.29) is 5.75 Å². The fourth-order valence-corrected chi connectivity index (χ4v) is 3.03. The Kier molecular flexibility index (Phi) is 4.45. The molecule has 0 radical (unpaired) electrons. The van der Waals surface area contributed by atoms with Gasteiger partial charge in [0, 0.05) is 23.5 Å². The van der Waals surface area contributed by atoms with Gasteiger partial charge in [-0.05, 0) is 43.1 Å². The van der Waals surface area contributed by atoms with Crippen LogP contribution in [0.15, 0.2) is 29.6 Å².